The first kappa shape index (κ1) is 15.8. The number of ether oxygens (including phenoxy) is 2. The highest BCUT2D eigenvalue weighted by atomic mass is 16.5. The van der Waals surface area contributed by atoms with Gasteiger partial charge in [-0.2, -0.15) is 0 Å². The van der Waals surface area contributed by atoms with Crippen LogP contribution in [0.4, 0.5) is 0 Å². The van der Waals surface area contributed by atoms with Crippen LogP contribution in [0.25, 0.3) is 0 Å². The van der Waals surface area contributed by atoms with Crippen LogP contribution in [0.3, 0.4) is 0 Å². The molecule has 0 heterocycles. The Morgan fingerprint density at radius 2 is 1.88 bits per heavy atom. The van der Waals surface area contributed by atoms with E-state index < -0.39 is 0 Å². The van der Waals surface area contributed by atoms with Gasteiger partial charge in [0.05, 0.1) is 13.2 Å². The summed E-state index contributed by atoms with van der Waals surface area (Å²) < 4.78 is 10.3. The van der Waals surface area contributed by atoms with Gasteiger partial charge in [0.15, 0.2) is 0 Å². The van der Waals surface area contributed by atoms with Crippen LogP contribution < -0.4 is 5.32 Å². The van der Waals surface area contributed by atoms with Gasteiger partial charge in [0.2, 0.25) is 0 Å². The maximum Gasteiger partial charge on any atom is 0.0593 e. The number of rotatable bonds is 12. The molecule has 0 rings (SSSR count). The predicted molar refractivity (Wildman–Crippen MR) is 68.0 cm³/mol. The first-order valence-electron chi connectivity index (χ1n) is 6.27. The predicted octanol–water partition coefficient (Wildman–Crippen LogP) is 0.971. The van der Waals surface area contributed by atoms with Crippen LogP contribution in [0.15, 0.2) is 0 Å². The number of hydrogen-bond acceptors (Lipinski definition) is 4. The van der Waals surface area contributed by atoms with E-state index in [-0.39, 0.29) is 0 Å². The highest BCUT2D eigenvalue weighted by Crippen LogP contribution is 1.92. The van der Waals surface area contributed by atoms with Crippen LogP contribution in [-0.2, 0) is 9.47 Å². The average Bonchev–Trinajstić information content (AvgIpc) is 2.28. The Kier molecular flexibility index (Phi) is 12.8. The molecule has 0 saturated carbocycles. The molecule has 0 spiro atoms. The van der Waals surface area contributed by atoms with E-state index in [0.717, 1.165) is 46.0 Å². The molecule has 0 aromatic rings. The SMILES string of the molecule is CCOCCN(C)CCCCNCCOC. The minimum atomic E-state index is 0.800. The lowest BCUT2D eigenvalue weighted by Gasteiger charge is -2.16. The molecular weight excluding hydrogens is 204 g/mol. The highest BCUT2D eigenvalue weighted by Gasteiger charge is 1.97. The van der Waals surface area contributed by atoms with Gasteiger partial charge in [-0.3, -0.25) is 0 Å². The van der Waals surface area contributed by atoms with Crippen molar-refractivity contribution in [2.24, 2.45) is 0 Å². The van der Waals surface area contributed by atoms with Crippen molar-refractivity contribution in [1.29, 1.82) is 0 Å². The smallest absolute Gasteiger partial charge is 0.0593 e. The lowest BCUT2D eigenvalue weighted by atomic mass is 10.3. The molecule has 4 nitrogen and oxygen atoms in total. The van der Waals surface area contributed by atoms with Crippen molar-refractivity contribution in [3.05, 3.63) is 0 Å². The Balaban J connectivity index is 3.06. The summed E-state index contributed by atoms with van der Waals surface area (Å²) in [7, 11) is 3.88. The number of unbranched alkanes of at least 4 members (excludes halogenated alkanes) is 1. The maximum absolute atomic E-state index is 5.31. The van der Waals surface area contributed by atoms with Crippen LogP contribution in [0.2, 0.25) is 0 Å². The molecule has 0 radical (unpaired) electrons. The van der Waals surface area contributed by atoms with Gasteiger partial charge in [-0.05, 0) is 39.9 Å². The lowest BCUT2D eigenvalue weighted by molar-refractivity contribution is 0.121. The number of nitrogens with zero attached hydrogens (tertiary/aromatic N) is 1. The van der Waals surface area contributed by atoms with Crippen molar-refractivity contribution in [1.82, 2.24) is 10.2 Å². The molecule has 0 aliphatic heterocycles. The Morgan fingerprint density at radius 1 is 1.06 bits per heavy atom. The maximum atomic E-state index is 5.31. The van der Waals surface area contributed by atoms with Crippen molar-refractivity contribution in [2.75, 3.05) is 60.2 Å². The Labute approximate surface area is 100 Å². The molecule has 0 aliphatic carbocycles. The number of nitrogens with one attached hydrogen (secondary N) is 1. The molecule has 0 bridgehead atoms. The number of hydrogen-bond donors (Lipinski definition) is 1. The van der Waals surface area contributed by atoms with Gasteiger partial charge >= 0.3 is 0 Å². The molecule has 0 aromatic heterocycles. The standard InChI is InChI=1S/C12H28N2O2/c1-4-16-12-10-14(2)9-6-5-7-13-8-11-15-3/h13H,4-12H2,1-3H3. The summed E-state index contributed by atoms with van der Waals surface area (Å²) in [4.78, 5) is 2.32. The van der Waals surface area contributed by atoms with E-state index in [1.54, 1.807) is 7.11 Å². The second-order valence-corrected chi connectivity index (χ2v) is 3.95. The van der Waals surface area contributed by atoms with Gasteiger partial charge in [-0.1, -0.05) is 0 Å². The third kappa shape index (κ3) is 11.9. The van der Waals surface area contributed by atoms with Crippen LogP contribution >= 0.6 is 0 Å². The van der Waals surface area contributed by atoms with Gasteiger partial charge in [-0.25, -0.2) is 0 Å². The summed E-state index contributed by atoms with van der Waals surface area (Å²) >= 11 is 0. The molecule has 0 amide bonds. The van der Waals surface area contributed by atoms with Gasteiger partial charge in [0.1, 0.15) is 0 Å². The van der Waals surface area contributed by atoms with E-state index >= 15 is 0 Å². The van der Waals surface area contributed by atoms with E-state index in [1.807, 2.05) is 6.92 Å². The molecule has 0 aliphatic rings. The second kappa shape index (κ2) is 12.9. The summed E-state index contributed by atoms with van der Waals surface area (Å²) in [6, 6.07) is 0. The summed E-state index contributed by atoms with van der Waals surface area (Å²) in [5, 5.41) is 3.34. The largest absolute Gasteiger partial charge is 0.383 e. The van der Waals surface area contributed by atoms with Gasteiger partial charge in [-0.15, -0.1) is 0 Å². The summed E-state index contributed by atoms with van der Waals surface area (Å²) in [6.07, 6.45) is 2.46. The van der Waals surface area contributed by atoms with E-state index in [4.69, 9.17) is 9.47 Å². The molecule has 0 unspecified atom stereocenters. The second-order valence-electron chi connectivity index (χ2n) is 3.95. The van der Waals surface area contributed by atoms with Crippen molar-refractivity contribution < 1.29 is 9.47 Å². The fourth-order valence-electron chi connectivity index (χ4n) is 1.41. The van der Waals surface area contributed by atoms with Crippen LogP contribution in [-0.4, -0.2) is 65.1 Å². The summed E-state index contributed by atoms with van der Waals surface area (Å²) in [5.74, 6) is 0. The van der Waals surface area contributed by atoms with Crippen LogP contribution in [0.5, 0.6) is 0 Å². The minimum absolute atomic E-state index is 0.800. The first-order valence-corrected chi connectivity index (χ1v) is 6.27. The normalized spacial score (nSPS) is 11.2. The average molecular weight is 232 g/mol. The molecular formula is C12H28N2O2. The fourth-order valence-corrected chi connectivity index (χ4v) is 1.41. The third-order valence-corrected chi connectivity index (χ3v) is 2.45. The van der Waals surface area contributed by atoms with Gasteiger partial charge < -0.3 is 19.7 Å². The summed E-state index contributed by atoms with van der Waals surface area (Å²) in [6.45, 7) is 8.72. The quantitative estimate of drug-likeness (QED) is 0.508. The summed E-state index contributed by atoms with van der Waals surface area (Å²) in [5.41, 5.74) is 0. The first-order chi connectivity index (χ1) is 7.81. The van der Waals surface area contributed by atoms with Crippen molar-refractivity contribution in [3.63, 3.8) is 0 Å². The monoisotopic (exact) mass is 232 g/mol. The number of methoxy groups -OCH3 is 1. The van der Waals surface area contributed by atoms with Crippen LogP contribution in [0, 0.1) is 0 Å². The van der Waals surface area contributed by atoms with E-state index in [1.165, 1.54) is 12.8 Å². The molecule has 0 fully saturated rings. The van der Waals surface area contributed by atoms with Gasteiger partial charge in [0.25, 0.3) is 0 Å². The lowest BCUT2D eigenvalue weighted by Crippen LogP contribution is -2.26. The van der Waals surface area contributed by atoms with E-state index in [2.05, 4.69) is 17.3 Å². The van der Waals surface area contributed by atoms with Crippen molar-refractivity contribution >= 4 is 0 Å². The van der Waals surface area contributed by atoms with E-state index in [9.17, 15) is 0 Å². The molecule has 0 atom stereocenters. The topological polar surface area (TPSA) is 33.7 Å². The third-order valence-electron chi connectivity index (χ3n) is 2.45. The molecule has 98 valence electrons. The minimum Gasteiger partial charge on any atom is -0.383 e. The molecule has 16 heavy (non-hydrogen) atoms. The zero-order valence-electron chi connectivity index (χ0n) is 11.1. The Hall–Kier alpha value is -0.160. The zero-order valence-corrected chi connectivity index (χ0v) is 11.1. The molecule has 1 N–H and O–H groups in total. The van der Waals surface area contributed by atoms with Crippen LogP contribution in [0.1, 0.15) is 19.8 Å². The van der Waals surface area contributed by atoms with Gasteiger partial charge in [0, 0.05) is 26.8 Å². The molecule has 4 heteroatoms. The Bertz CT molecular complexity index is 134. The van der Waals surface area contributed by atoms with Crippen molar-refractivity contribution in [2.45, 2.75) is 19.8 Å². The molecule has 0 aromatic carbocycles. The Morgan fingerprint density at radius 3 is 2.56 bits per heavy atom. The zero-order chi connectivity index (χ0) is 12.1. The number of likely N-dealkylation sites (N-methyl/N-ethyl adjacent to an activating group) is 1. The van der Waals surface area contributed by atoms with E-state index in [0.29, 0.717) is 0 Å². The molecule has 0 saturated heterocycles. The van der Waals surface area contributed by atoms with Crippen molar-refractivity contribution in [3.8, 4) is 0 Å². The fraction of sp³-hybridized carbons (Fsp3) is 1.00. The highest BCUT2D eigenvalue weighted by molar-refractivity contribution is 4.53.